The van der Waals surface area contributed by atoms with Crippen LogP contribution in [0.5, 0.6) is 0 Å². The monoisotopic (exact) mass is 340 g/mol. The van der Waals surface area contributed by atoms with Crippen molar-refractivity contribution in [3.8, 4) is 0 Å². The van der Waals surface area contributed by atoms with Crippen LogP contribution in [-0.4, -0.2) is 38.9 Å². The molecule has 2 aromatic carbocycles. The molecule has 0 fully saturated rings. The highest BCUT2D eigenvalue weighted by Crippen LogP contribution is 2.24. The van der Waals surface area contributed by atoms with Crippen molar-refractivity contribution < 1.29 is 13.2 Å². The van der Waals surface area contributed by atoms with Gasteiger partial charge in [0.2, 0.25) is 5.78 Å². The summed E-state index contributed by atoms with van der Waals surface area (Å²) in [6.45, 7) is 0. The molecule has 6 heteroatoms. The summed E-state index contributed by atoms with van der Waals surface area (Å²) in [7, 11) is -0.381. The first-order valence-electron chi connectivity index (χ1n) is 7.33. The van der Waals surface area contributed by atoms with Crippen molar-refractivity contribution in [2.45, 2.75) is 4.90 Å². The normalized spacial score (nSPS) is 15.8. The predicted octanol–water partition coefficient (Wildman–Crippen LogP) is 2.51. The Morgan fingerprint density at radius 1 is 0.875 bits per heavy atom. The number of nitrogens with zero attached hydrogens (tertiary/aromatic N) is 2. The van der Waals surface area contributed by atoms with Gasteiger partial charge in [-0.1, -0.05) is 42.5 Å². The molecule has 0 aliphatic heterocycles. The molecule has 3 rings (SSSR count). The number of rotatable bonds is 3. The molecule has 0 bridgehead atoms. The molecule has 0 heterocycles. The molecule has 0 saturated heterocycles. The number of fused-ring (bicyclic) bond motifs is 1. The van der Waals surface area contributed by atoms with Crippen molar-refractivity contribution in [3.05, 3.63) is 77.5 Å². The standard InChI is InChI=1S/C18H16N2O3S/c1-20(2)17-12-16(14-10-6-7-11-15(14)18(17)21)19-24(22,23)13-8-4-3-5-9-13/h3-12H,1-2H3/b19-16-. The second-order valence-corrected chi connectivity index (χ2v) is 7.17. The maximum atomic E-state index is 12.6. The molecular weight excluding hydrogens is 324 g/mol. The molecule has 0 spiro atoms. The second kappa shape index (κ2) is 6.05. The van der Waals surface area contributed by atoms with E-state index in [0.29, 0.717) is 16.8 Å². The summed E-state index contributed by atoms with van der Waals surface area (Å²) >= 11 is 0. The first kappa shape index (κ1) is 16.1. The van der Waals surface area contributed by atoms with Crippen LogP contribution in [0.15, 0.2) is 75.7 Å². The van der Waals surface area contributed by atoms with Crippen molar-refractivity contribution in [2.24, 2.45) is 4.40 Å². The van der Waals surface area contributed by atoms with E-state index in [0.717, 1.165) is 0 Å². The fourth-order valence-electron chi connectivity index (χ4n) is 2.50. The van der Waals surface area contributed by atoms with Crippen LogP contribution in [0.1, 0.15) is 15.9 Å². The van der Waals surface area contributed by atoms with Crippen molar-refractivity contribution in [2.75, 3.05) is 14.1 Å². The Morgan fingerprint density at radius 2 is 1.46 bits per heavy atom. The third kappa shape index (κ3) is 2.88. The van der Waals surface area contributed by atoms with Gasteiger partial charge in [-0.2, -0.15) is 12.8 Å². The summed E-state index contributed by atoms with van der Waals surface area (Å²) in [6, 6.07) is 14.9. The number of hydrogen-bond donors (Lipinski definition) is 0. The zero-order valence-corrected chi connectivity index (χ0v) is 14.1. The van der Waals surface area contributed by atoms with E-state index in [1.807, 2.05) is 0 Å². The average Bonchev–Trinajstić information content (AvgIpc) is 2.58. The molecule has 2 aromatic rings. The molecule has 0 saturated carbocycles. The van der Waals surface area contributed by atoms with Gasteiger partial charge in [-0.3, -0.25) is 4.79 Å². The quantitative estimate of drug-likeness (QED) is 0.861. The fraction of sp³-hybridized carbons (Fsp3) is 0.111. The zero-order chi connectivity index (χ0) is 17.3. The Bertz CT molecular complexity index is 959. The minimum Gasteiger partial charge on any atom is -0.374 e. The van der Waals surface area contributed by atoms with E-state index >= 15 is 0 Å². The van der Waals surface area contributed by atoms with Crippen LogP contribution in [0, 0.1) is 0 Å². The molecule has 0 N–H and O–H groups in total. The number of sulfonamides is 1. The lowest BCUT2D eigenvalue weighted by Gasteiger charge is -2.22. The van der Waals surface area contributed by atoms with E-state index in [1.165, 1.54) is 18.2 Å². The van der Waals surface area contributed by atoms with E-state index in [2.05, 4.69) is 4.40 Å². The predicted molar refractivity (Wildman–Crippen MR) is 92.7 cm³/mol. The smallest absolute Gasteiger partial charge is 0.282 e. The lowest BCUT2D eigenvalue weighted by molar-refractivity contribution is 0.100. The molecule has 1 aliphatic carbocycles. The molecule has 0 amide bonds. The third-order valence-corrected chi connectivity index (χ3v) is 5.00. The average molecular weight is 340 g/mol. The lowest BCUT2D eigenvalue weighted by atomic mass is 9.92. The Hall–Kier alpha value is -2.73. The lowest BCUT2D eigenvalue weighted by Crippen LogP contribution is -2.26. The van der Waals surface area contributed by atoms with Crippen LogP contribution in [0.2, 0.25) is 0 Å². The molecule has 0 radical (unpaired) electrons. The topological polar surface area (TPSA) is 66.8 Å². The highest BCUT2D eigenvalue weighted by Gasteiger charge is 2.26. The maximum absolute atomic E-state index is 12.6. The van der Waals surface area contributed by atoms with E-state index in [4.69, 9.17) is 0 Å². The fourth-order valence-corrected chi connectivity index (χ4v) is 3.51. The van der Waals surface area contributed by atoms with E-state index < -0.39 is 10.0 Å². The zero-order valence-electron chi connectivity index (χ0n) is 13.3. The molecule has 24 heavy (non-hydrogen) atoms. The second-order valence-electron chi connectivity index (χ2n) is 5.56. The van der Waals surface area contributed by atoms with Crippen LogP contribution in [0.4, 0.5) is 0 Å². The van der Waals surface area contributed by atoms with Crippen LogP contribution in [-0.2, 0) is 10.0 Å². The van der Waals surface area contributed by atoms with E-state index in [1.54, 1.807) is 61.5 Å². The van der Waals surface area contributed by atoms with Gasteiger partial charge in [-0.05, 0) is 18.2 Å². The summed E-state index contributed by atoms with van der Waals surface area (Å²) in [5.74, 6) is -0.147. The summed E-state index contributed by atoms with van der Waals surface area (Å²) < 4.78 is 29.1. The minimum atomic E-state index is -3.86. The molecule has 5 nitrogen and oxygen atoms in total. The van der Waals surface area contributed by atoms with Crippen molar-refractivity contribution >= 4 is 21.5 Å². The Balaban J connectivity index is 2.20. The van der Waals surface area contributed by atoms with Gasteiger partial charge >= 0.3 is 0 Å². The van der Waals surface area contributed by atoms with Gasteiger partial charge in [-0.25, -0.2) is 0 Å². The number of benzene rings is 2. The first-order valence-corrected chi connectivity index (χ1v) is 8.77. The van der Waals surface area contributed by atoms with Crippen LogP contribution in [0.3, 0.4) is 0 Å². The minimum absolute atomic E-state index is 0.117. The highest BCUT2D eigenvalue weighted by atomic mass is 32.2. The number of carbonyl (C=O) groups excluding carboxylic acids is 1. The van der Waals surface area contributed by atoms with Crippen molar-refractivity contribution in [1.29, 1.82) is 0 Å². The third-order valence-electron chi connectivity index (χ3n) is 3.70. The molecule has 0 unspecified atom stereocenters. The Kier molecular flexibility index (Phi) is 4.07. The van der Waals surface area contributed by atoms with Gasteiger partial charge in [0.25, 0.3) is 10.0 Å². The van der Waals surface area contributed by atoms with Gasteiger partial charge < -0.3 is 4.90 Å². The molecule has 0 atom stereocenters. The summed E-state index contributed by atoms with van der Waals surface area (Å²) in [4.78, 5) is 14.3. The molecular formula is C18H16N2O3S. The summed E-state index contributed by atoms with van der Waals surface area (Å²) in [5.41, 5.74) is 1.63. The van der Waals surface area contributed by atoms with Crippen LogP contribution < -0.4 is 0 Å². The van der Waals surface area contributed by atoms with Gasteiger partial charge in [0.15, 0.2) is 0 Å². The molecule has 0 aromatic heterocycles. The molecule has 122 valence electrons. The summed E-state index contributed by atoms with van der Waals surface area (Å²) in [6.07, 6.45) is 1.52. The van der Waals surface area contributed by atoms with Gasteiger partial charge in [0.1, 0.15) is 0 Å². The number of Topliss-reactive ketones (excluding diaryl/α,β-unsaturated/α-hetero) is 1. The maximum Gasteiger partial charge on any atom is 0.282 e. The number of ketones is 1. The van der Waals surface area contributed by atoms with Crippen molar-refractivity contribution in [1.82, 2.24) is 4.90 Å². The number of likely N-dealkylation sites (N-methyl/N-ethyl adjacent to an activating group) is 1. The number of hydrogen-bond acceptors (Lipinski definition) is 4. The van der Waals surface area contributed by atoms with Gasteiger partial charge in [0.05, 0.1) is 16.3 Å². The van der Waals surface area contributed by atoms with Crippen LogP contribution >= 0.6 is 0 Å². The van der Waals surface area contributed by atoms with E-state index in [9.17, 15) is 13.2 Å². The molecule has 1 aliphatic rings. The SMILES string of the molecule is CN(C)C1=C/C(=N/S(=O)(=O)c2ccccc2)c2ccccc2C1=O. The van der Waals surface area contributed by atoms with Gasteiger partial charge in [0, 0.05) is 25.2 Å². The highest BCUT2D eigenvalue weighted by molar-refractivity contribution is 7.90. The van der Waals surface area contributed by atoms with Gasteiger partial charge in [-0.15, -0.1) is 0 Å². The number of allylic oxidation sites excluding steroid dienone is 2. The number of carbonyl (C=O) groups is 1. The first-order chi connectivity index (χ1) is 11.4. The van der Waals surface area contributed by atoms with Crippen LogP contribution in [0.25, 0.3) is 0 Å². The van der Waals surface area contributed by atoms with Crippen molar-refractivity contribution in [3.63, 3.8) is 0 Å². The largest absolute Gasteiger partial charge is 0.374 e. The summed E-state index contributed by atoms with van der Waals surface area (Å²) in [5, 5.41) is 0. The Labute approximate surface area is 141 Å². The Morgan fingerprint density at radius 3 is 2.08 bits per heavy atom. The van der Waals surface area contributed by atoms with E-state index in [-0.39, 0.29) is 16.4 Å².